The minimum Gasteiger partial charge on any atom is -0.462 e. The fraction of sp³-hybridized carbons (Fsp3) is 0.407. The molecule has 38 heavy (non-hydrogen) atoms. The van der Waals surface area contributed by atoms with Crippen LogP contribution in [0.25, 0.3) is 0 Å². The standard InChI is InChI=1S/C27H29F4N3O4/c1-2-37-24(35)23-22(34(25(32)36)16-19-20(27(29,30)31)9-6-10-21(19)28)17-38-26(23)11-13-33(14-12-26)15-18-7-4-3-5-8-18/h3-10H,2,11-17H2,1H3,(H2,32,36). The number of likely N-dealkylation sites (tertiary alicyclic amines) is 1. The van der Waals surface area contributed by atoms with Gasteiger partial charge < -0.3 is 15.2 Å². The first-order valence-electron chi connectivity index (χ1n) is 12.3. The molecule has 0 atom stereocenters. The highest BCUT2D eigenvalue weighted by molar-refractivity contribution is 5.93. The lowest BCUT2D eigenvalue weighted by atomic mass is 9.83. The van der Waals surface area contributed by atoms with Crippen molar-refractivity contribution in [2.24, 2.45) is 5.73 Å². The number of hydrogen-bond acceptors (Lipinski definition) is 5. The van der Waals surface area contributed by atoms with Crippen LogP contribution in [-0.2, 0) is 33.5 Å². The van der Waals surface area contributed by atoms with E-state index in [0.29, 0.717) is 32.5 Å². The van der Waals surface area contributed by atoms with Gasteiger partial charge in [-0.15, -0.1) is 0 Å². The van der Waals surface area contributed by atoms with E-state index in [1.807, 2.05) is 30.3 Å². The summed E-state index contributed by atoms with van der Waals surface area (Å²) in [5.74, 6) is -1.89. The Balaban J connectivity index is 1.67. The molecule has 2 aliphatic heterocycles. The molecule has 0 aromatic heterocycles. The Kier molecular flexibility index (Phi) is 8.08. The van der Waals surface area contributed by atoms with Gasteiger partial charge in [0, 0.05) is 25.2 Å². The van der Waals surface area contributed by atoms with Crippen LogP contribution in [0.15, 0.2) is 59.8 Å². The van der Waals surface area contributed by atoms with Crippen molar-refractivity contribution in [3.05, 3.63) is 82.3 Å². The zero-order valence-corrected chi connectivity index (χ0v) is 20.9. The van der Waals surface area contributed by atoms with Gasteiger partial charge in [-0.2, -0.15) is 13.2 Å². The molecule has 7 nitrogen and oxygen atoms in total. The van der Waals surface area contributed by atoms with Crippen LogP contribution in [-0.4, -0.2) is 53.7 Å². The number of amides is 2. The second kappa shape index (κ2) is 11.1. The number of rotatable bonds is 7. The van der Waals surface area contributed by atoms with Crippen LogP contribution in [0.5, 0.6) is 0 Å². The third kappa shape index (κ3) is 5.68. The Hall–Kier alpha value is -3.44. The summed E-state index contributed by atoms with van der Waals surface area (Å²) >= 11 is 0. The van der Waals surface area contributed by atoms with Gasteiger partial charge in [0.2, 0.25) is 0 Å². The predicted octanol–water partition coefficient (Wildman–Crippen LogP) is 4.61. The number of esters is 1. The van der Waals surface area contributed by atoms with Gasteiger partial charge in [0.25, 0.3) is 0 Å². The lowest BCUT2D eigenvalue weighted by Crippen LogP contribution is -2.47. The highest BCUT2D eigenvalue weighted by Gasteiger charge is 2.50. The smallest absolute Gasteiger partial charge is 0.416 e. The lowest BCUT2D eigenvalue weighted by Gasteiger charge is -2.39. The van der Waals surface area contributed by atoms with Gasteiger partial charge in [0.15, 0.2) is 0 Å². The molecule has 1 spiro atoms. The van der Waals surface area contributed by atoms with Gasteiger partial charge in [-0.25, -0.2) is 14.0 Å². The summed E-state index contributed by atoms with van der Waals surface area (Å²) in [6, 6.07) is 11.3. The molecule has 2 N–H and O–H groups in total. The summed E-state index contributed by atoms with van der Waals surface area (Å²) in [5.41, 5.74) is 3.64. The second-order valence-electron chi connectivity index (χ2n) is 9.27. The summed E-state index contributed by atoms with van der Waals surface area (Å²) in [7, 11) is 0. The Bertz CT molecular complexity index is 1210. The Morgan fingerprint density at radius 1 is 1.11 bits per heavy atom. The number of ether oxygens (including phenoxy) is 2. The average Bonchev–Trinajstić information content (AvgIpc) is 3.23. The van der Waals surface area contributed by atoms with Crippen molar-refractivity contribution in [2.75, 3.05) is 26.3 Å². The summed E-state index contributed by atoms with van der Waals surface area (Å²) in [6.45, 7) is 2.39. The van der Waals surface area contributed by atoms with E-state index >= 15 is 0 Å². The maximum Gasteiger partial charge on any atom is 0.416 e. The van der Waals surface area contributed by atoms with Crippen LogP contribution in [0.4, 0.5) is 22.4 Å². The van der Waals surface area contributed by atoms with Gasteiger partial charge in [-0.1, -0.05) is 36.4 Å². The van der Waals surface area contributed by atoms with E-state index in [1.54, 1.807) is 6.92 Å². The number of piperidine rings is 1. The van der Waals surface area contributed by atoms with E-state index in [2.05, 4.69) is 4.90 Å². The predicted molar refractivity (Wildman–Crippen MR) is 130 cm³/mol. The lowest BCUT2D eigenvalue weighted by molar-refractivity contribution is -0.142. The molecule has 2 heterocycles. The quantitative estimate of drug-likeness (QED) is 0.414. The van der Waals surface area contributed by atoms with Crippen LogP contribution >= 0.6 is 0 Å². The molecule has 0 aliphatic carbocycles. The van der Waals surface area contributed by atoms with Crippen LogP contribution in [0.3, 0.4) is 0 Å². The van der Waals surface area contributed by atoms with E-state index < -0.39 is 47.3 Å². The maximum absolute atomic E-state index is 14.6. The normalized spacial score (nSPS) is 17.6. The maximum atomic E-state index is 14.6. The SMILES string of the molecule is CCOC(=O)C1=C(N(Cc2c(F)cccc2C(F)(F)F)C(N)=O)COC12CCN(Cc1ccccc1)CC2. The number of carbonyl (C=O) groups excluding carboxylic acids is 2. The van der Waals surface area contributed by atoms with E-state index in [1.165, 1.54) is 0 Å². The molecular formula is C27H29F4N3O4. The zero-order chi connectivity index (χ0) is 27.5. The molecular weight excluding hydrogens is 506 g/mol. The van der Waals surface area contributed by atoms with Gasteiger partial charge in [-0.05, 0) is 37.5 Å². The van der Waals surface area contributed by atoms with Crippen LogP contribution in [0.2, 0.25) is 0 Å². The van der Waals surface area contributed by atoms with Crippen molar-refractivity contribution < 1.29 is 36.6 Å². The first-order valence-corrected chi connectivity index (χ1v) is 12.3. The number of nitrogens with two attached hydrogens (primary N) is 1. The van der Waals surface area contributed by atoms with Crippen LogP contribution in [0.1, 0.15) is 36.5 Å². The monoisotopic (exact) mass is 535 g/mol. The number of carbonyl (C=O) groups is 2. The van der Waals surface area contributed by atoms with Crippen molar-refractivity contribution in [3.8, 4) is 0 Å². The molecule has 0 unspecified atom stereocenters. The van der Waals surface area contributed by atoms with Gasteiger partial charge in [-0.3, -0.25) is 9.80 Å². The molecule has 11 heteroatoms. The Morgan fingerprint density at radius 2 is 1.79 bits per heavy atom. The largest absolute Gasteiger partial charge is 0.462 e. The van der Waals surface area contributed by atoms with E-state index in [4.69, 9.17) is 15.2 Å². The minimum absolute atomic E-state index is 0.0103. The van der Waals surface area contributed by atoms with E-state index in [-0.39, 0.29) is 24.5 Å². The molecule has 2 aromatic rings. The fourth-order valence-corrected chi connectivity index (χ4v) is 5.09. The number of hydrogen-bond donors (Lipinski definition) is 1. The third-order valence-electron chi connectivity index (χ3n) is 6.95. The van der Waals surface area contributed by atoms with E-state index in [9.17, 15) is 27.2 Å². The summed E-state index contributed by atoms with van der Waals surface area (Å²) in [4.78, 5) is 28.7. The molecule has 1 saturated heterocycles. The number of nitrogens with zero attached hydrogens (tertiary/aromatic N) is 2. The number of primary amides is 1. The topological polar surface area (TPSA) is 85.1 Å². The highest BCUT2D eigenvalue weighted by atomic mass is 19.4. The van der Waals surface area contributed by atoms with Crippen molar-refractivity contribution in [1.82, 2.24) is 9.80 Å². The second-order valence-corrected chi connectivity index (χ2v) is 9.27. The van der Waals surface area contributed by atoms with Gasteiger partial charge >= 0.3 is 18.2 Å². The third-order valence-corrected chi connectivity index (χ3v) is 6.95. The first-order chi connectivity index (χ1) is 18.1. The molecule has 4 rings (SSSR count). The molecule has 204 valence electrons. The number of alkyl halides is 3. The number of halogens is 4. The van der Waals surface area contributed by atoms with Gasteiger partial charge in [0.1, 0.15) is 11.4 Å². The molecule has 1 fully saturated rings. The van der Waals surface area contributed by atoms with Crippen LogP contribution in [0, 0.1) is 5.82 Å². The molecule has 2 amide bonds. The molecule has 0 bridgehead atoms. The summed E-state index contributed by atoms with van der Waals surface area (Å²) in [5, 5.41) is 0. The highest BCUT2D eigenvalue weighted by Crippen LogP contribution is 2.43. The average molecular weight is 536 g/mol. The zero-order valence-electron chi connectivity index (χ0n) is 20.9. The molecule has 2 aromatic carbocycles. The molecule has 2 aliphatic rings. The summed E-state index contributed by atoms with van der Waals surface area (Å²) in [6.07, 6.45) is -4.09. The van der Waals surface area contributed by atoms with Crippen molar-refractivity contribution in [1.29, 1.82) is 0 Å². The number of benzene rings is 2. The minimum atomic E-state index is -4.86. The van der Waals surface area contributed by atoms with Crippen molar-refractivity contribution in [3.63, 3.8) is 0 Å². The Labute approximate surface area is 217 Å². The first kappa shape index (κ1) is 27.6. The summed E-state index contributed by atoms with van der Waals surface area (Å²) < 4.78 is 66.9. The molecule has 0 saturated carbocycles. The van der Waals surface area contributed by atoms with Crippen molar-refractivity contribution >= 4 is 12.0 Å². The molecule has 0 radical (unpaired) electrons. The Morgan fingerprint density at radius 3 is 2.39 bits per heavy atom. The van der Waals surface area contributed by atoms with E-state index in [0.717, 1.165) is 28.7 Å². The fourth-order valence-electron chi connectivity index (χ4n) is 5.09. The van der Waals surface area contributed by atoms with Gasteiger partial charge in [0.05, 0.1) is 36.6 Å². The van der Waals surface area contributed by atoms with Crippen LogP contribution < -0.4 is 5.73 Å². The number of urea groups is 1. The van der Waals surface area contributed by atoms with Crippen molar-refractivity contribution in [2.45, 2.75) is 44.6 Å².